The van der Waals surface area contributed by atoms with E-state index in [0.29, 0.717) is 12.0 Å². The number of rotatable bonds is 4. The molecule has 2 atom stereocenters. The van der Waals surface area contributed by atoms with Crippen molar-refractivity contribution in [1.29, 1.82) is 0 Å². The highest BCUT2D eigenvalue weighted by atomic mass is 16.7. The van der Waals surface area contributed by atoms with E-state index >= 15 is 0 Å². The number of oxime groups is 1. The van der Waals surface area contributed by atoms with Gasteiger partial charge in [-0.3, -0.25) is 4.79 Å². The van der Waals surface area contributed by atoms with Crippen LogP contribution in [0.25, 0.3) is 0 Å². The van der Waals surface area contributed by atoms with E-state index in [1.165, 1.54) is 0 Å². The maximum absolute atomic E-state index is 13.0. The molecule has 5 heteroatoms. The number of amides is 1. The van der Waals surface area contributed by atoms with Gasteiger partial charge in [0.15, 0.2) is 0 Å². The van der Waals surface area contributed by atoms with Gasteiger partial charge >= 0.3 is 5.97 Å². The predicted octanol–water partition coefficient (Wildman–Crippen LogP) is 3.94. The highest BCUT2D eigenvalue weighted by molar-refractivity contribution is 6.02. The van der Waals surface area contributed by atoms with Gasteiger partial charge in [0, 0.05) is 17.9 Å². The first-order chi connectivity index (χ1) is 12.1. The average molecular weight is 356 g/mol. The summed E-state index contributed by atoms with van der Waals surface area (Å²) in [7, 11) is 0. The molecule has 5 nitrogen and oxygen atoms in total. The van der Waals surface area contributed by atoms with Crippen LogP contribution >= 0.6 is 0 Å². The Morgan fingerprint density at radius 2 is 1.77 bits per heavy atom. The summed E-state index contributed by atoms with van der Waals surface area (Å²) in [5.41, 5.74) is 0.285. The lowest BCUT2D eigenvalue weighted by atomic mass is 9.64. The Balaban J connectivity index is 1.87. The lowest BCUT2D eigenvalue weighted by molar-refractivity contribution is -0.136. The molecule has 1 aromatic rings. The molecule has 0 aliphatic heterocycles. The van der Waals surface area contributed by atoms with Crippen molar-refractivity contribution >= 4 is 17.6 Å². The van der Waals surface area contributed by atoms with Crippen LogP contribution in [0, 0.1) is 16.2 Å². The summed E-state index contributed by atoms with van der Waals surface area (Å²) >= 11 is 0. The van der Waals surface area contributed by atoms with E-state index in [2.05, 4.69) is 31.2 Å². The number of hydrogen-bond donors (Lipinski definition) is 1. The molecule has 140 valence electrons. The molecular formula is C21H28N2O3. The summed E-state index contributed by atoms with van der Waals surface area (Å²) in [6, 6.07) is 8.92. The second-order valence-electron chi connectivity index (χ2n) is 8.63. The molecule has 2 unspecified atom stereocenters. The van der Waals surface area contributed by atoms with Crippen LogP contribution in [0.4, 0.5) is 0 Å². The second kappa shape index (κ2) is 6.22. The molecule has 0 spiro atoms. The van der Waals surface area contributed by atoms with Crippen LogP contribution in [-0.4, -0.2) is 23.6 Å². The zero-order valence-corrected chi connectivity index (χ0v) is 16.3. The Bertz CT molecular complexity index is 754. The maximum atomic E-state index is 13.0. The van der Waals surface area contributed by atoms with Crippen LogP contribution in [0.2, 0.25) is 0 Å². The van der Waals surface area contributed by atoms with Crippen molar-refractivity contribution in [3.63, 3.8) is 0 Å². The molecule has 2 fully saturated rings. The smallest absolute Gasteiger partial charge is 0.353 e. The van der Waals surface area contributed by atoms with E-state index in [1.54, 1.807) is 24.3 Å². The monoisotopic (exact) mass is 356 g/mol. The van der Waals surface area contributed by atoms with Crippen LogP contribution in [0.1, 0.15) is 64.2 Å². The molecule has 26 heavy (non-hydrogen) atoms. The number of nitrogens with one attached hydrogen (secondary N) is 1. The topological polar surface area (TPSA) is 67.8 Å². The van der Waals surface area contributed by atoms with E-state index in [-0.39, 0.29) is 22.8 Å². The van der Waals surface area contributed by atoms with Gasteiger partial charge in [0.25, 0.3) is 0 Å². The molecule has 0 saturated heterocycles. The van der Waals surface area contributed by atoms with Gasteiger partial charge in [0.1, 0.15) is 0 Å². The first-order valence-corrected chi connectivity index (χ1v) is 9.29. The Morgan fingerprint density at radius 1 is 1.12 bits per heavy atom. The number of hydrogen-bond acceptors (Lipinski definition) is 4. The van der Waals surface area contributed by atoms with Crippen molar-refractivity contribution in [1.82, 2.24) is 5.32 Å². The van der Waals surface area contributed by atoms with Crippen molar-refractivity contribution in [3.8, 4) is 0 Å². The normalized spacial score (nSPS) is 30.6. The van der Waals surface area contributed by atoms with Crippen molar-refractivity contribution in [2.75, 3.05) is 0 Å². The minimum absolute atomic E-state index is 0.0841. The lowest BCUT2D eigenvalue weighted by Crippen LogP contribution is -2.48. The van der Waals surface area contributed by atoms with Gasteiger partial charge in [0.2, 0.25) is 5.91 Å². The third kappa shape index (κ3) is 2.56. The third-order valence-corrected chi connectivity index (χ3v) is 6.84. The van der Waals surface area contributed by atoms with E-state index in [4.69, 9.17) is 4.84 Å². The van der Waals surface area contributed by atoms with Gasteiger partial charge in [-0.05, 0) is 44.2 Å². The van der Waals surface area contributed by atoms with Crippen molar-refractivity contribution in [2.24, 2.45) is 21.4 Å². The molecule has 0 heterocycles. The highest BCUT2D eigenvalue weighted by Crippen LogP contribution is 2.71. The first kappa shape index (κ1) is 18.6. The van der Waals surface area contributed by atoms with Crippen LogP contribution in [0.15, 0.2) is 35.5 Å². The molecule has 3 rings (SSSR count). The van der Waals surface area contributed by atoms with Crippen LogP contribution in [0.5, 0.6) is 0 Å². The fraction of sp³-hybridized carbons (Fsp3) is 0.571. The summed E-state index contributed by atoms with van der Waals surface area (Å²) in [6.07, 6.45) is 2.24. The molecule has 1 N–H and O–H groups in total. The van der Waals surface area contributed by atoms with Gasteiger partial charge in [-0.15, -0.1) is 0 Å². The molecule has 1 amide bonds. The summed E-state index contributed by atoms with van der Waals surface area (Å²) in [5, 5.41) is 7.33. The molecule has 0 radical (unpaired) electrons. The number of benzene rings is 1. The molecule has 2 aliphatic rings. The quantitative estimate of drug-likeness (QED) is 0.656. The Kier molecular flexibility index (Phi) is 4.45. The highest BCUT2D eigenvalue weighted by Gasteiger charge is 2.71. The fourth-order valence-electron chi connectivity index (χ4n) is 4.65. The van der Waals surface area contributed by atoms with E-state index in [0.717, 1.165) is 18.6 Å². The lowest BCUT2D eigenvalue weighted by Gasteiger charge is -2.39. The Labute approximate surface area is 155 Å². The van der Waals surface area contributed by atoms with Gasteiger partial charge < -0.3 is 10.2 Å². The molecule has 2 saturated carbocycles. The molecule has 1 aromatic carbocycles. The predicted molar refractivity (Wildman–Crippen MR) is 101 cm³/mol. The Morgan fingerprint density at radius 3 is 2.38 bits per heavy atom. The second-order valence-corrected chi connectivity index (χ2v) is 8.63. The van der Waals surface area contributed by atoms with Gasteiger partial charge in [-0.25, -0.2) is 4.79 Å². The Hall–Kier alpha value is -2.17. The zero-order chi connectivity index (χ0) is 19.2. The van der Waals surface area contributed by atoms with E-state index < -0.39 is 11.4 Å². The van der Waals surface area contributed by atoms with Crippen molar-refractivity contribution in [2.45, 2.75) is 59.9 Å². The summed E-state index contributed by atoms with van der Waals surface area (Å²) in [6.45, 7) is 10.4. The van der Waals surface area contributed by atoms with Gasteiger partial charge in [-0.2, -0.15) is 0 Å². The number of fused-ring (bicyclic) bond motifs is 2. The average Bonchev–Trinajstić information content (AvgIpc) is 2.90. The fourth-order valence-corrected chi connectivity index (χ4v) is 4.65. The maximum Gasteiger partial charge on any atom is 0.365 e. The van der Waals surface area contributed by atoms with Crippen molar-refractivity contribution in [3.05, 3.63) is 35.9 Å². The minimum Gasteiger partial charge on any atom is -0.353 e. The number of carbonyl (C=O) groups excluding carboxylic acids is 2. The van der Waals surface area contributed by atoms with Crippen molar-refractivity contribution < 1.29 is 14.4 Å². The van der Waals surface area contributed by atoms with Gasteiger partial charge in [-0.1, -0.05) is 44.1 Å². The summed E-state index contributed by atoms with van der Waals surface area (Å²) in [4.78, 5) is 30.5. The largest absolute Gasteiger partial charge is 0.365 e. The molecule has 0 aromatic heterocycles. The summed E-state index contributed by atoms with van der Waals surface area (Å²) in [5.74, 6) is -0.385. The van der Waals surface area contributed by atoms with Crippen LogP contribution < -0.4 is 5.32 Å². The molecular weight excluding hydrogens is 328 g/mol. The zero-order valence-electron chi connectivity index (χ0n) is 16.3. The summed E-state index contributed by atoms with van der Waals surface area (Å²) < 4.78 is 0. The SMILES string of the molecule is CC(C)NC(=O)C12CCC(C)(C(=NOC(=O)c3ccccc3)C1)C2(C)C. The van der Waals surface area contributed by atoms with Gasteiger partial charge in [0.05, 0.1) is 16.7 Å². The van der Waals surface area contributed by atoms with Crippen LogP contribution in [0.3, 0.4) is 0 Å². The minimum atomic E-state index is -0.496. The standard InChI is InChI=1S/C21H28N2O3/c1-14(2)22-18(25)21-12-11-20(5,19(21,3)4)16(13-21)23-26-17(24)15-9-7-6-8-10-15/h6-10,14H,11-13H2,1-5H3,(H,22,25). The first-order valence-electron chi connectivity index (χ1n) is 9.29. The number of carbonyl (C=O) groups is 2. The molecule has 2 bridgehead atoms. The van der Waals surface area contributed by atoms with Crippen LogP contribution in [-0.2, 0) is 9.63 Å². The number of nitrogens with zero attached hydrogens (tertiary/aromatic N) is 1. The third-order valence-electron chi connectivity index (χ3n) is 6.84. The van der Waals surface area contributed by atoms with E-state index in [1.807, 2.05) is 19.9 Å². The van der Waals surface area contributed by atoms with E-state index in [9.17, 15) is 9.59 Å². The molecule has 2 aliphatic carbocycles.